The van der Waals surface area contributed by atoms with E-state index in [2.05, 4.69) is 29.5 Å². The normalized spacial score (nSPS) is 10.3. The highest BCUT2D eigenvalue weighted by Crippen LogP contribution is 2.02. The minimum absolute atomic E-state index is 0.192. The van der Waals surface area contributed by atoms with E-state index in [4.69, 9.17) is 5.11 Å². The van der Waals surface area contributed by atoms with Crippen LogP contribution in [0.5, 0.6) is 0 Å². The number of nitrogens with one attached hydrogen (secondary N) is 2. The van der Waals surface area contributed by atoms with E-state index in [0.717, 1.165) is 13.0 Å². The Hall–Kier alpha value is -0.970. The van der Waals surface area contributed by atoms with Crippen molar-refractivity contribution < 1.29 is 14.4 Å². The molecule has 3 N–H and O–H groups in total. The lowest BCUT2D eigenvalue weighted by Crippen LogP contribution is -2.26. The summed E-state index contributed by atoms with van der Waals surface area (Å²) in [5.41, 5.74) is 0.192. The number of hydrogen-bond acceptors (Lipinski definition) is 5. The molecule has 0 fully saturated rings. The van der Waals surface area contributed by atoms with Crippen LogP contribution in [0.15, 0.2) is 10.6 Å². The quantitative estimate of drug-likeness (QED) is 0.461. The first-order chi connectivity index (χ1) is 7.27. The third-order valence-corrected chi connectivity index (χ3v) is 2.02. The van der Waals surface area contributed by atoms with E-state index in [-0.39, 0.29) is 24.0 Å². The van der Waals surface area contributed by atoms with E-state index in [0.29, 0.717) is 6.54 Å². The Kier molecular flexibility index (Phi) is 5.25. The highest BCUT2D eigenvalue weighted by atomic mass is 31.0. The van der Waals surface area contributed by atoms with Crippen molar-refractivity contribution in [2.45, 2.75) is 13.0 Å². The van der Waals surface area contributed by atoms with E-state index >= 15 is 0 Å². The number of aromatic nitrogens is 1. The number of hydrogen-bond donors (Lipinski definition) is 3. The average molecular weight is 231 g/mol. The summed E-state index contributed by atoms with van der Waals surface area (Å²) in [5.74, 6) is -0.00557. The SMILES string of the molecule is O=C(NCCCNP)c1cc(CO)on1. The fraction of sp³-hybridized carbons (Fsp3) is 0.500. The first-order valence-corrected chi connectivity index (χ1v) is 5.13. The monoisotopic (exact) mass is 231 g/mol. The summed E-state index contributed by atoms with van der Waals surface area (Å²) >= 11 is 0. The van der Waals surface area contributed by atoms with Crippen molar-refractivity contribution in [1.29, 1.82) is 0 Å². The molecule has 0 saturated heterocycles. The smallest absolute Gasteiger partial charge is 0.273 e. The fourth-order valence-electron chi connectivity index (χ4n) is 0.977. The van der Waals surface area contributed by atoms with Gasteiger partial charge in [0.15, 0.2) is 11.5 Å². The number of aliphatic hydroxyl groups is 1. The maximum absolute atomic E-state index is 11.4. The van der Waals surface area contributed by atoms with Crippen molar-refractivity contribution in [1.82, 2.24) is 15.6 Å². The van der Waals surface area contributed by atoms with Gasteiger partial charge < -0.3 is 20.0 Å². The molecule has 0 aliphatic carbocycles. The molecule has 0 aromatic carbocycles. The van der Waals surface area contributed by atoms with Gasteiger partial charge in [0.1, 0.15) is 6.61 Å². The van der Waals surface area contributed by atoms with E-state index in [1.165, 1.54) is 6.07 Å². The molecular formula is C8H14N3O3P. The number of carbonyl (C=O) groups is 1. The van der Waals surface area contributed by atoms with Crippen LogP contribution in [0.1, 0.15) is 22.7 Å². The van der Waals surface area contributed by atoms with E-state index in [9.17, 15) is 4.79 Å². The van der Waals surface area contributed by atoms with Crippen molar-refractivity contribution in [2.75, 3.05) is 13.1 Å². The summed E-state index contributed by atoms with van der Waals surface area (Å²) in [6, 6.07) is 1.42. The highest BCUT2D eigenvalue weighted by molar-refractivity contribution is 7.13. The summed E-state index contributed by atoms with van der Waals surface area (Å²) < 4.78 is 4.69. The molecule has 1 rings (SSSR count). The molecule has 0 radical (unpaired) electrons. The first kappa shape index (κ1) is 12.1. The molecule has 1 atom stereocenters. The van der Waals surface area contributed by atoms with Crippen LogP contribution >= 0.6 is 9.39 Å². The molecular weight excluding hydrogens is 217 g/mol. The summed E-state index contributed by atoms with van der Waals surface area (Å²) in [4.78, 5) is 11.4. The number of rotatable bonds is 6. The van der Waals surface area contributed by atoms with Gasteiger partial charge in [0.05, 0.1) is 0 Å². The third kappa shape index (κ3) is 3.95. The van der Waals surface area contributed by atoms with Crippen molar-refractivity contribution in [2.24, 2.45) is 0 Å². The van der Waals surface area contributed by atoms with Gasteiger partial charge in [-0.25, -0.2) is 0 Å². The minimum Gasteiger partial charge on any atom is -0.388 e. The van der Waals surface area contributed by atoms with Crippen molar-refractivity contribution in [3.05, 3.63) is 17.5 Å². The zero-order chi connectivity index (χ0) is 11.1. The molecule has 84 valence electrons. The van der Waals surface area contributed by atoms with E-state index < -0.39 is 0 Å². The van der Waals surface area contributed by atoms with Gasteiger partial charge in [-0.15, -0.1) is 0 Å². The second-order valence-corrected chi connectivity index (χ2v) is 3.31. The Labute approximate surface area is 89.7 Å². The van der Waals surface area contributed by atoms with Gasteiger partial charge in [-0.3, -0.25) is 4.79 Å². The molecule has 1 heterocycles. The van der Waals surface area contributed by atoms with Crippen molar-refractivity contribution in [3.8, 4) is 0 Å². The van der Waals surface area contributed by atoms with Gasteiger partial charge in [0.2, 0.25) is 0 Å². The molecule has 6 nitrogen and oxygen atoms in total. The maximum atomic E-state index is 11.4. The maximum Gasteiger partial charge on any atom is 0.273 e. The van der Waals surface area contributed by atoms with Crippen LogP contribution in [-0.2, 0) is 6.61 Å². The van der Waals surface area contributed by atoms with E-state index in [1.54, 1.807) is 0 Å². The second kappa shape index (κ2) is 6.50. The number of nitrogens with zero attached hydrogens (tertiary/aromatic N) is 1. The van der Waals surface area contributed by atoms with Gasteiger partial charge in [0, 0.05) is 19.2 Å². The minimum atomic E-state index is -0.290. The predicted molar refractivity (Wildman–Crippen MR) is 57.1 cm³/mol. The van der Waals surface area contributed by atoms with Gasteiger partial charge in [-0.1, -0.05) is 14.5 Å². The number of carbonyl (C=O) groups excluding carboxylic acids is 1. The van der Waals surface area contributed by atoms with Gasteiger partial charge in [0.25, 0.3) is 5.91 Å². The fourth-order valence-corrected chi connectivity index (χ4v) is 1.18. The molecule has 1 amide bonds. The molecule has 1 aromatic heterocycles. The highest BCUT2D eigenvalue weighted by Gasteiger charge is 2.10. The Bertz CT molecular complexity index is 316. The van der Waals surface area contributed by atoms with Gasteiger partial charge >= 0.3 is 0 Å². The zero-order valence-corrected chi connectivity index (χ0v) is 9.35. The summed E-state index contributed by atoms with van der Waals surface area (Å²) in [6.45, 7) is 1.13. The van der Waals surface area contributed by atoms with Crippen LogP contribution in [0.4, 0.5) is 0 Å². The molecule has 0 spiro atoms. The number of amides is 1. The lowest BCUT2D eigenvalue weighted by Gasteiger charge is -2.01. The van der Waals surface area contributed by atoms with Crippen LogP contribution in [0.25, 0.3) is 0 Å². The molecule has 1 unspecified atom stereocenters. The van der Waals surface area contributed by atoms with Crippen molar-refractivity contribution >= 4 is 15.3 Å². The molecule has 7 heteroatoms. The molecule has 0 aliphatic heterocycles. The Morgan fingerprint density at radius 1 is 1.60 bits per heavy atom. The predicted octanol–water partition coefficient (Wildman–Crippen LogP) is -0.333. The summed E-state index contributed by atoms with van der Waals surface area (Å²) in [6.07, 6.45) is 0.833. The Balaban J connectivity index is 2.33. The third-order valence-electron chi connectivity index (χ3n) is 1.73. The Morgan fingerprint density at radius 2 is 2.40 bits per heavy atom. The molecule has 1 aromatic rings. The number of aliphatic hydroxyl groups excluding tert-OH is 1. The standard InChI is InChI=1S/C8H14N3O3P/c12-5-6-4-7(11-14-6)8(13)9-2-1-3-10-15/h4,10,12H,1-3,5,15H2,(H,9,13). The van der Waals surface area contributed by atoms with Crippen LogP contribution in [0.2, 0.25) is 0 Å². The summed E-state index contributed by atoms with van der Waals surface area (Å²) in [7, 11) is 2.39. The molecule has 0 saturated carbocycles. The molecule has 0 aliphatic rings. The Morgan fingerprint density at radius 3 is 3.00 bits per heavy atom. The largest absolute Gasteiger partial charge is 0.388 e. The molecule has 15 heavy (non-hydrogen) atoms. The van der Waals surface area contributed by atoms with Crippen LogP contribution in [0, 0.1) is 0 Å². The average Bonchev–Trinajstić information content (AvgIpc) is 2.72. The van der Waals surface area contributed by atoms with Crippen molar-refractivity contribution in [3.63, 3.8) is 0 Å². The van der Waals surface area contributed by atoms with E-state index in [1.807, 2.05) is 0 Å². The molecule has 0 bridgehead atoms. The first-order valence-electron chi connectivity index (χ1n) is 4.56. The second-order valence-electron chi connectivity index (χ2n) is 2.90. The van der Waals surface area contributed by atoms with Gasteiger partial charge in [-0.2, -0.15) is 0 Å². The van der Waals surface area contributed by atoms with Crippen LogP contribution < -0.4 is 10.4 Å². The van der Waals surface area contributed by atoms with Crippen LogP contribution in [0.3, 0.4) is 0 Å². The van der Waals surface area contributed by atoms with Crippen LogP contribution in [-0.4, -0.2) is 29.3 Å². The van der Waals surface area contributed by atoms with Gasteiger partial charge in [-0.05, 0) is 6.42 Å². The lowest BCUT2D eigenvalue weighted by molar-refractivity contribution is 0.0944. The lowest BCUT2D eigenvalue weighted by atomic mass is 10.3. The topological polar surface area (TPSA) is 87.4 Å². The zero-order valence-electron chi connectivity index (χ0n) is 8.19. The summed E-state index contributed by atoms with van der Waals surface area (Å²) in [5, 5.41) is 17.8.